The molecule has 0 aromatic heterocycles. The second kappa shape index (κ2) is 12.3. The summed E-state index contributed by atoms with van der Waals surface area (Å²) < 4.78 is 22.4. The Hall–Kier alpha value is -3.04. The number of amides is 1. The van der Waals surface area contributed by atoms with Crippen LogP contribution in [0.4, 0.5) is 11.4 Å². The van der Waals surface area contributed by atoms with Gasteiger partial charge in [-0.3, -0.25) is 9.59 Å². The number of hydrogen-bond donors (Lipinski definition) is 0. The Bertz CT molecular complexity index is 1030. The number of halogens is 2. The molecule has 0 aliphatic heterocycles. The first-order chi connectivity index (χ1) is 15.8. The summed E-state index contributed by atoms with van der Waals surface area (Å²) in [6.45, 7) is 5.69. The minimum Gasteiger partial charge on any atom is -0.494 e. The number of benzene rings is 2. The third-order valence-corrected chi connectivity index (χ3v) is 4.97. The highest BCUT2D eigenvalue weighted by molar-refractivity contribution is 6.39. The molecule has 0 N–H and O–H groups in total. The third kappa shape index (κ3) is 6.27. The van der Waals surface area contributed by atoms with Gasteiger partial charge in [0.05, 0.1) is 38.1 Å². The zero-order chi connectivity index (χ0) is 24.5. The Morgan fingerprint density at radius 1 is 1.00 bits per heavy atom. The van der Waals surface area contributed by atoms with E-state index in [0.717, 1.165) is 4.42 Å². The lowest BCUT2D eigenvalue weighted by molar-refractivity contribution is -0.126. The van der Waals surface area contributed by atoms with Crippen molar-refractivity contribution in [2.45, 2.75) is 26.8 Å². The summed E-state index contributed by atoms with van der Waals surface area (Å²) in [5.74, 6) is 0.0218. The Kier molecular flexibility index (Phi) is 9.74. The second-order valence-electron chi connectivity index (χ2n) is 6.48. The van der Waals surface area contributed by atoms with Gasteiger partial charge in [0.15, 0.2) is 28.7 Å². The zero-order valence-electron chi connectivity index (χ0n) is 18.9. The van der Waals surface area contributed by atoms with Crippen molar-refractivity contribution in [1.29, 1.82) is 0 Å². The SMILES string of the molecule is CCOc1ccc(N(Cl)C(=O)C(N=Nc2c(OC)ccc(Cl)c2OC)C(C)=O)cc1OCC. The number of anilines is 1. The van der Waals surface area contributed by atoms with Crippen molar-refractivity contribution in [3.8, 4) is 23.0 Å². The van der Waals surface area contributed by atoms with Crippen LogP contribution >= 0.6 is 23.4 Å². The van der Waals surface area contributed by atoms with Gasteiger partial charge < -0.3 is 18.9 Å². The summed E-state index contributed by atoms with van der Waals surface area (Å²) in [5.41, 5.74) is 0.403. The fourth-order valence-electron chi connectivity index (χ4n) is 2.80. The summed E-state index contributed by atoms with van der Waals surface area (Å²) >= 11 is 12.4. The van der Waals surface area contributed by atoms with Crippen molar-refractivity contribution in [2.75, 3.05) is 31.9 Å². The van der Waals surface area contributed by atoms with Crippen LogP contribution in [0.2, 0.25) is 5.02 Å². The Morgan fingerprint density at radius 3 is 2.21 bits per heavy atom. The standard InChI is InChI=1S/C22H25Cl2N3O6/c1-6-32-16-10-8-14(12-18(16)33-7-2)27(24)22(29)19(13(3)28)25-26-20-17(30-4)11-9-15(23)21(20)31-5/h8-12,19H,6-7H2,1-5H3. The molecule has 1 unspecified atom stereocenters. The third-order valence-electron chi connectivity index (χ3n) is 4.31. The molecule has 0 heterocycles. The number of carbonyl (C=O) groups is 2. The smallest absolute Gasteiger partial charge is 0.276 e. The number of rotatable bonds is 11. The second-order valence-corrected chi connectivity index (χ2v) is 7.22. The van der Waals surface area contributed by atoms with Gasteiger partial charge in [-0.05, 0) is 45.0 Å². The van der Waals surface area contributed by atoms with Crippen molar-refractivity contribution in [3.05, 3.63) is 35.4 Å². The maximum absolute atomic E-state index is 13.0. The van der Waals surface area contributed by atoms with Gasteiger partial charge in [-0.15, -0.1) is 5.11 Å². The quantitative estimate of drug-likeness (QED) is 0.234. The predicted molar refractivity (Wildman–Crippen MR) is 126 cm³/mol. The molecular formula is C22H25Cl2N3O6. The van der Waals surface area contributed by atoms with E-state index in [-0.39, 0.29) is 22.1 Å². The van der Waals surface area contributed by atoms with Crippen LogP contribution in [0.1, 0.15) is 20.8 Å². The number of nitrogens with zero attached hydrogens (tertiary/aromatic N) is 3. The molecule has 11 heteroatoms. The molecule has 0 saturated heterocycles. The Balaban J connectivity index is 2.39. The average Bonchev–Trinajstić information content (AvgIpc) is 2.80. The molecule has 2 aromatic rings. The maximum Gasteiger partial charge on any atom is 0.276 e. The molecule has 2 aromatic carbocycles. The van der Waals surface area contributed by atoms with E-state index < -0.39 is 17.7 Å². The van der Waals surface area contributed by atoms with Crippen LogP contribution in [0.3, 0.4) is 0 Å². The van der Waals surface area contributed by atoms with Crippen molar-refractivity contribution in [3.63, 3.8) is 0 Å². The largest absolute Gasteiger partial charge is 0.494 e. The maximum atomic E-state index is 13.0. The summed E-state index contributed by atoms with van der Waals surface area (Å²) in [6, 6.07) is 6.34. The summed E-state index contributed by atoms with van der Waals surface area (Å²) in [4.78, 5) is 25.3. The number of hydrogen-bond acceptors (Lipinski definition) is 8. The monoisotopic (exact) mass is 497 g/mol. The molecule has 0 aliphatic carbocycles. The molecular weight excluding hydrogens is 473 g/mol. The Labute approximate surface area is 202 Å². The van der Waals surface area contributed by atoms with Crippen LogP contribution in [0.5, 0.6) is 23.0 Å². The van der Waals surface area contributed by atoms with Crippen LogP contribution in [-0.4, -0.2) is 45.2 Å². The van der Waals surface area contributed by atoms with E-state index in [4.69, 9.17) is 42.3 Å². The molecule has 0 fully saturated rings. The molecule has 0 aliphatic rings. The van der Waals surface area contributed by atoms with Crippen LogP contribution in [0.25, 0.3) is 0 Å². The number of ether oxygens (including phenoxy) is 4. The molecule has 0 bridgehead atoms. The zero-order valence-corrected chi connectivity index (χ0v) is 20.4. The molecule has 1 atom stereocenters. The predicted octanol–water partition coefficient (Wildman–Crippen LogP) is 5.38. The number of carbonyl (C=O) groups excluding carboxylic acids is 2. The van der Waals surface area contributed by atoms with Gasteiger partial charge in [-0.25, -0.2) is 4.42 Å². The van der Waals surface area contributed by atoms with E-state index >= 15 is 0 Å². The van der Waals surface area contributed by atoms with Crippen LogP contribution in [0, 0.1) is 0 Å². The lowest BCUT2D eigenvalue weighted by Gasteiger charge is -2.19. The van der Waals surface area contributed by atoms with E-state index in [1.807, 2.05) is 13.8 Å². The number of methoxy groups -OCH3 is 2. The fourth-order valence-corrected chi connectivity index (χ4v) is 3.23. The topological polar surface area (TPSA) is 99.0 Å². The molecule has 0 radical (unpaired) electrons. The van der Waals surface area contributed by atoms with Gasteiger partial charge >= 0.3 is 0 Å². The normalized spacial score (nSPS) is 11.7. The molecule has 178 valence electrons. The minimum absolute atomic E-state index is 0.132. The number of azo groups is 1. The minimum atomic E-state index is -1.52. The van der Waals surface area contributed by atoms with Gasteiger partial charge in [0.2, 0.25) is 6.04 Å². The van der Waals surface area contributed by atoms with E-state index in [0.29, 0.717) is 30.5 Å². The van der Waals surface area contributed by atoms with Crippen molar-refractivity contribution < 1.29 is 28.5 Å². The van der Waals surface area contributed by atoms with Gasteiger partial charge in [0.1, 0.15) is 5.75 Å². The molecule has 9 nitrogen and oxygen atoms in total. The Morgan fingerprint density at radius 2 is 1.64 bits per heavy atom. The first kappa shape index (κ1) is 26.2. The molecule has 2 rings (SSSR count). The highest BCUT2D eigenvalue weighted by atomic mass is 35.5. The van der Waals surface area contributed by atoms with Gasteiger partial charge in [0, 0.05) is 17.8 Å². The number of ketones is 1. The average molecular weight is 498 g/mol. The molecule has 0 spiro atoms. The summed E-state index contributed by atoms with van der Waals surface area (Å²) in [5, 5.41) is 8.22. The highest BCUT2D eigenvalue weighted by Gasteiger charge is 2.30. The first-order valence-electron chi connectivity index (χ1n) is 10.00. The highest BCUT2D eigenvalue weighted by Crippen LogP contribution is 2.42. The van der Waals surface area contributed by atoms with Gasteiger partial charge in [-0.2, -0.15) is 5.11 Å². The van der Waals surface area contributed by atoms with Crippen molar-refractivity contribution >= 4 is 46.4 Å². The molecule has 33 heavy (non-hydrogen) atoms. The van der Waals surface area contributed by atoms with Crippen molar-refractivity contribution in [1.82, 2.24) is 0 Å². The van der Waals surface area contributed by atoms with E-state index in [1.54, 1.807) is 24.3 Å². The molecule has 1 amide bonds. The summed E-state index contributed by atoms with van der Waals surface area (Å²) in [7, 11) is 2.83. The van der Waals surface area contributed by atoms with Crippen LogP contribution < -0.4 is 23.4 Å². The first-order valence-corrected chi connectivity index (χ1v) is 10.7. The van der Waals surface area contributed by atoms with Crippen LogP contribution in [0.15, 0.2) is 40.6 Å². The van der Waals surface area contributed by atoms with E-state index in [9.17, 15) is 9.59 Å². The number of Topliss-reactive ketones (excluding diaryl/α,β-unsaturated/α-hetero) is 1. The lowest BCUT2D eigenvalue weighted by Crippen LogP contribution is -2.36. The van der Waals surface area contributed by atoms with E-state index in [1.165, 1.54) is 27.2 Å². The van der Waals surface area contributed by atoms with Crippen LogP contribution in [-0.2, 0) is 9.59 Å². The lowest BCUT2D eigenvalue weighted by atomic mass is 10.2. The van der Waals surface area contributed by atoms with Gasteiger partial charge in [0.25, 0.3) is 5.91 Å². The molecule has 0 saturated carbocycles. The summed E-state index contributed by atoms with van der Waals surface area (Å²) in [6.07, 6.45) is 0. The van der Waals surface area contributed by atoms with Gasteiger partial charge in [-0.1, -0.05) is 11.6 Å². The fraction of sp³-hybridized carbons (Fsp3) is 0.364. The van der Waals surface area contributed by atoms with E-state index in [2.05, 4.69) is 10.2 Å². The van der Waals surface area contributed by atoms with Crippen molar-refractivity contribution in [2.24, 2.45) is 10.2 Å².